The first kappa shape index (κ1) is 9.65. The van der Waals surface area contributed by atoms with Gasteiger partial charge < -0.3 is 9.84 Å². The van der Waals surface area contributed by atoms with Gasteiger partial charge in [0.05, 0.1) is 6.10 Å². The van der Waals surface area contributed by atoms with E-state index in [4.69, 9.17) is 9.84 Å². The largest absolute Gasteiger partial charge is 0.396 e. The summed E-state index contributed by atoms with van der Waals surface area (Å²) in [6.07, 6.45) is 1.08. The molecule has 0 aliphatic carbocycles. The predicted octanol–water partition coefficient (Wildman–Crippen LogP) is 2.58. The van der Waals surface area contributed by atoms with Gasteiger partial charge in [0.1, 0.15) is 0 Å². The maximum Gasteiger partial charge on any atom is 0.0967 e. The van der Waals surface area contributed by atoms with Gasteiger partial charge in [0.15, 0.2) is 0 Å². The second-order valence-electron chi connectivity index (χ2n) is 3.19. The lowest BCUT2D eigenvalue weighted by molar-refractivity contribution is 0.0747. The molecule has 0 amide bonds. The van der Waals surface area contributed by atoms with E-state index in [-0.39, 0.29) is 18.6 Å². The van der Waals surface area contributed by atoms with Crippen molar-refractivity contribution in [1.29, 1.82) is 0 Å². The summed E-state index contributed by atoms with van der Waals surface area (Å²) >= 11 is 5.10. The Morgan fingerprint density at radius 2 is 2.54 bits per heavy atom. The minimum Gasteiger partial charge on any atom is -0.396 e. The third kappa shape index (κ3) is 1.96. The average Bonchev–Trinajstić information content (AvgIpc) is 2.71. The SMILES string of the molecule is OCC1CCOC1c1cc(Br)cs1. The molecule has 0 saturated carbocycles. The Kier molecular flexibility index (Phi) is 3.03. The van der Waals surface area contributed by atoms with Gasteiger partial charge in [0.2, 0.25) is 0 Å². The number of thiophene rings is 1. The fraction of sp³-hybridized carbons (Fsp3) is 0.556. The molecule has 1 aliphatic rings. The van der Waals surface area contributed by atoms with Crippen molar-refractivity contribution in [3.63, 3.8) is 0 Å². The van der Waals surface area contributed by atoms with E-state index in [0.717, 1.165) is 17.5 Å². The van der Waals surface area contributed by atoms with Crippen LogP contribution >= 0.6 is 27.3 Å². The van der Waals surface area contributed by atoms with Crippen LogP contribution in [0.5, 0.6) is 0 Å². The number of ether oxygens (including phenoxy) is 1. The Hall–Kier alpha value is 0.1000. The smallest absolute Gasteiger partial charge is 0.0967 e. The summed E-state index contributed by atoms with van der Waals surface area (Å²) in [6.45, 7) is 0.992. The van der Waals surface area contributed by atoms with E-state index in [0.29, 0.717) is 0 Å². The number of aliphatic hydroxyl groups excluding tert-OH is 1. The van der Waals surface area contributed by atoms with E-state index in [9.17, 15) is 0 Å². The minimum atomic E-state index is 0.112. The topological polar surface area (TPSA) is 29.5 Å². The molecular formula is C9H11BrO2S. The number of hydrogen-bond acceptors (Lipinski definition) is 3. The Labute approximate surface area is 89.7 Å². The molecule has 1 N–H and O–H groups in total. The minimum absolute atomic E-state index is 0.112. The maximum atomic E-state index is 9.12. The van der Waals surface area contributed by atoms with Gasteiger partial charge in [-0.25, -0.2) is 0 Å². The summed E-state index contributed by atoms with van der Waals surface area (Å²) in [5.41, 5.74) is 0. The van der Waals surface area contributed by atoms with Crippen LogP contribution in [-0.4, -0.2) is 18.3 Å². The molecule has 1 aromatic heterocycles. The highest BCUT2D eigenvalue weighted by molar-refractivity contribution is 9.10. The van der Waals surface area contributed by atoms with Crippen LogP contribution in [0.25, 0.3) is 0 Å². The fourth-order valence-electron chi connectivity index (χ4n) is 1.61. The van der Waals surface area contributed by atoms with E-state index < -0.39 is 0 Å². The Bertz CT molecular complexity index is 287. The number of halogens is 1. The molecule has 2 rings (SSSR count). The maximum absolute atomic E-state index is 9.12. The highest BCUT2D eigenvalue weighted by atomic mass is 79.9. The van der Waals surface area contributed by atoms with Crippen LogP contribution in [-0.2, 0) is 4.74 Å². The van der Waals surface area contributed by atoms with Crippen LogP contribution in [0.2, 0.25) is 0 Å². The van der Waals surface area contributed by atoms with Crippen molar-refractivity contribution in [3.05, 3.63) is 20.8 Å². The molecule has 72 valence electrons. The molecular weight excluding hydrogens is 252 g/mol. The average molecular weight is 263 g/mol. The van der Waals surface area contributed by atoms with E-state index in [1.165, 1.54) is 4.88 Å². The number of hydrogen-bond donors (Lipinski definition) is 1. The molecule has 2 nitrogen and oxygen atoms in total. The van der Waals surface area contributed by atoms with Crippen LogP contribution in [0.15, 0.2) is 15.9 Å². The van der Waals surface area contributed by atoms with Crippen LogP contribution in [0, 0.1) is 5.92 Å². The van der Waals surface area contributed by atoms with Gasteiger partial charge in [-0.05, 0) is 28.4 Å². The third-order valence-corrected chi connectivity index (χ3v) is 4.07. The summed E-state index contributed by atoms with van der Waals surface area (Å²) in [5.74, 6) is 0.283. The summed E-state index contributed by atoms with van der Waals surface area (Å²) in [6, 6.07) is 2.07. The fourth-order valence-corrected chi connectivity index (χ4v) is 3.20. The Morgan fingerprint density at radius 1 is 1.69 bits per heavy atom. The molecule has 0 radical (unpaired) electrons. The van der Waals surface area contributed by atoms with Crippen molar-refractivity contribution in [2.75, 3.05) is 13.2 Å². The van der Waals surface area contributed by atoms with Crippen molar-refractivity contribution < 1.29 is 9.84 Å². The predicted molar refractivity (Wildman–Crippen MR) is 55.9 cm³/mol. The molecule has 13 heavy (non-hydrogen) atoms. The lowest BCUT2D eigenvalue weighted by atomic mass is 10.0. The molecule has 0 spiro atoms. The molecule has 1 fully saturated rings. The van der Waals surface area contributed by atoms with E-state index in [1.54, 1.807) is 11.3 Å². The first-order valence-corrected chi connectivity index (χ1v) is 5.95. The third-order valence-electron chi connectivity index (χ3n) is 2.32. The lowest BCUT2D eigenvalue weighted by Gasteiger charge is -2.13. The van der Waals surface area contributed by atoms with E-state index in [1.807, 2.05) is 5.38 Å². The monoisotopic (exact) mass is 262 g/mol. The van der Waals surface area contributed by atoms with Gasteiger partial charge in [0.25, 0.3) is 0 Å². The highest BCUT2D eigenvalue weighted by Crippen LogP contribution is 2.38. The summed E-state index contributed by atoms with van der Waals surface area (Å²) in [4.78, 5) is 1.21. The van der Waals surface area contributed by atoms with Crippen LogP contribution < -0.4 is 0 Å². The summed E-state index contributed by atoms with van der Waals surface area (Å²) in [7, 11) is 0. The standard InChI is InChI=1S/C9H11BrO2S/c10-7-3-8(13-5-7)9-6(4-11)1-2-12-9/h3,5-6,9,11H,1-2,4H2. The molecule has 2 heterocycles. The summed E-state index contributed by atoms with van der Waals surface area (Å²) in [5, 5.41) is 11.2. The molecule has 0 aromatic carbocycles. The normalized spacial score (nSPS) is 28.2. The van der Waals surface area contributed by atoms with Crippen LogP contribution in [0.3, 0.4) is 0 Å². The second kappa shape index (κ2) is 4.09. The van der Waals surface area contributed by atoms with Crippen molar-refractivity contribution >= 4 is 27.3 Å². The highest BCUT2D eigenvalue weighted by Gasteiger charge is 2.29. The molecule has 1 aromatic rings. The lowest BCUT2D eigenvalue weighted by Crippen LogP contribution is -2.09. The van der Waals surface area contributed by atoms with Crippen molar-refractivity contribution in [3.8, 4) is 0 Å². The van der Waals surface area contributed by atoms with Crippen molar-refractivity contribution in [2.24, 2.45) is 5.92 Å². The van der Waals surface area contributed by atoms with E-state index in [2.05, 4.69) is 22.0 Å². The molecule has 1 saturated heterocycles. The number of rotatable bonds is 2. The van der Waals surface area contributed by atoms with Gasteiger partial charge in [-0.3, -0.25) is 0 Å². The van der Waals surface area contributed by atoms with Gasteiger partial charge in [0, 0.05) is 33.9 Å². The molecule has 2 unspecified atom stereocenters. The van der Waals surface area contributed by atoms with Crippen molar-refractivity contribution in [1.82, 2.24) is 0 Å². The van der Waals surface area contributed by atoms with Crippen LogP contribution in [0.1, 0.15) is 17.4 Å². The first-order valence-electron chi connectivity index (χ1n) is 4.27. The van der Waals surface area contributed by atoms with Gasteiger partial charge in [-0.15, -0.1) is 11.3 Å². The molecule has 4 heteroatoms. The van der Waals surface area contributed by atoms with Gasteiger partial charge >= 0.3 is 0 Å². The molecule has 0 bridgehead atoms. The summed E-state index contributed by atoms with van der Waals surface area (Å²) < 4.78 is 6.68. The molecule has 1 aliphatic heterocycles. The molecule has 2 atom stereocenters. The zero-order valence-corrected chi connectivity index (χ0v) is 9.47. The second-order valence-corrected chi connectivity index (χ2v) is 5.05. The zero-order chi connectivity index (χ0) is 9.26. The van der Waals surface area contributed by atoms with Crippen LogP contribution in [0.4, 0.5) is 0 Å². The Morgan fingerprint density at radius 3 is 3.15 bits per heavy atom. The number of aliphatic hydroxyl groups is 1. The zero-order valence-electron chi connectivity index (χ0n) is 7.07. The van der Waals surface area contributed by atoms with Gasteiger partial charge in [-0.1, -0.05) is 0 Å². The van der Waals surface area contributed by atoms with Gasteiger partial charge in [-0.2, -0.15) is 0 Å². The Balaban J connectivity index is 2.15. The van der Waals surface area contributed by atoms with Crippen molar-refractivity contribution in [2.45, 2.75) is 12.5 Å². The quantitative estimate of drug-likeness (QED) is 0.888. The first-order chi connectivity index (χ1) is 6.31. The van der Waals surface area contributed by atoms with E-state index >= 15 is 0 Å².